The molecule has 0 bridgehead atoms. The molecule has 0 atom stereocenters. The number of aromatic nitrogens is 3. The Morgan fingerprint density at radius 1 is 1.28 bits per heavy atom. The number of nitrogens with zero attached hydrogens (tertiary/aromatic N) is 3. The largest absolute Gasteiger partial charge is 0.449 e. The number of amides is 1. The Bertz CT molecular complexity index is 751. The standard InChI is InChI=1S/C16H23N5O4/c1-16(2,3)25-14(22)18-7-5-9-24-15(23)21-8-6-11-12(17-4)19-10-20-13(11)21/h6,8,10H,5,7,9H2,1-4H3,(H,18,22)(H,17,19,20). The number of hydrogen-bond acceptors (Lipinski definition) is 7. The van der Waals surface area contributed by atoms with Crippen LogP contribution in [0.4, 0.5) is 15.4 Å². The van der Waals surface area contributed by atoms with E-state index in [1.165, 1.54) is 10.9 Å². The average molecular weight is 349 g/mol. The molecular weight excluding hydrogens is 326 g/mol. The van der Waals surface area contributed by atoms with E-state index in [0.29, 0.717) is 24.4 Å². The van der Waals surface area contributed by atoms with E-state index in [1.54, 1.807) is 40.1 Å². The lowest BCUT2D eigenvalue weighted by molar-refractivity contribution is 0.0524. The van der Waals surface area contributed by atoms with Gasteiger partial charge in [0.25, 0.3) is 0 Å². The highest BCUT2D eigenvalue weighted by atomic mass is 16.6. The molecule has 0 saturated carbocycles. The molecule has 2 aromatic rings. The molecule has 2 heterocycles. The minimum atomic E-state index is -0.542. The Morgan fingerprint density at radius 2 is 2.04 bits per heavy atom. The molecule has 1 amide bonds. The topological polar surface area (TPSA) is 107 Å². The molecule has 2 N–H and O–H groups in total. The van der Waals surface area contributed by atoms with Crippen LogP contribution in [0.1, 0.15) is 27.2 Å². The zero-order valence-electron chi connectivity index (χ0n) is 14.8. The first-order valence-corrected chi connectivity index (χ1v) is 7.95. The molecule has 0 unspecified atom stereocenters. The Hall–Kier alpha value is -2.84. The van der Waals surface area contributed by atoms with Crippen LogP contribution in [0, 0.1) is 0 Å². The van der Waals surface area contributed by atoms with Gasteiger partial charge in [-0.2, -0.15) is 0 Å². The lowest BCUT2D eigenvalue weighted by Crippen LogP contribution is -2.33. The Balaban J connectivity index is 1.81. The second-order valence-electron chi connectivity index (χ2n) is 6.29. The van der Waals surface area contributed by atoms with Gasteiger partial charge in [0.15, 0.2) is 5.65 Å². The van der Waals surface area contributed by atoms with E-state index in [-0.39, 0.29) is 6.61 Å². The third kappa shape index (κ3) is 5.07. The Morgan fingerprint density at radius 3 is 2.72 bits per heavy atom. The van der Waals surface area contributed by atoms with Crippen LogP contribution in [0.2, 0.25) is 0 Å². The minimum Gasteiger partial charge on any atom is -0.449 e. The van der Waals surface area contributed by atoms with Crippen molar-refractivity contribution < 1.29 is 19.1 Å². The number of fused-ring (bicyclic) bond motifs is 1. The lowest BCUT2D eigenvalue weighted by Gasteiger charge is -2.19. The van der Waals surface area contributed by atoms with Crippen molar-refractivity contribution in [2.45, 2.75) is 32.8 Å². The third-order valence-electron chi connectivity index (χ3n) is 3.13. The van der Waals surface area contributed by atoms with Crippen molar-refractivity contribution in [3.05, 3.63) is 18.6 Å². The monoisotopic (exact) mass is 349 g/mol. The Kier molecular flexibility index (Phi) is 5.79. The van der Waals surface area contributed by atoms with Crippen molar-refractivity contribution in [1.29, 1.82) is 0 Å². The summed E-state index contributed by atoms with van der Waals surface area (Å²) in [5.41, 5.74) is -0.0729. The van der Waals surface area contributed by atoms with Crippen molar-refractivity contribution in [1.82, 2.24) is 19.9 Å². The molecule has 0 fully saturated rings. The molecule has 0 aliphatic rings. The van der Waals surface area contributed by atoms with Gasteiger partial charge in [0, 0.05) is 19.8 Å². The second-order valence-corrected chi connectivity index (χ2v) is 6.29. The van der Waals surface area contributed by atoms with Crippen LogP contribution < -0.4 is 10.6 Å². The van der Waals surface area contributed by atoms with Crippen LogP contribution >= 0.6 is 0 Å². The van der Waals surface area contributed by atoms with Crippen LogP contribution in [0.3, 0.4) is 0 Å². The molecule has 0 aromatic carbocycles. The smallest absolute Gasteiger partial charge is 0.419 e. The van der Waals surface area contributed by atoms with Crippen LogP contribution in [0.5, 0.6) is 0 Å². The summed E-state index contributed by atoms with van der Waals surface area (Å²) >= 11 is 0. The zero-order valence-corrected chi connectivity index (χ0v) is 14.8. The van der Waals surface area contributed by atoms with Crippen molar-refractivity contribution in [2.24, 2.45) is 0 Å². The van der Waals surface area contributed by atoms with Crippen molar-refractivity contribution in [3.8, 4) is 0 Å². The molecule has 0 aliphatic carbocycles. The number of anilines is 1. The highest BCUT2D eigenvalue weighted by Crippen LogP contribution is 2.19. The van der Waals surface area contributed by atoms with Gasteiger partial charge in [-0.25, -0.2) is 24.1 Å². The van der Waals surface area contributed by atoms with E-state index in [0.717, 1.165) is 5.39 Å². The van der Waals surface area contributed by atoms with Gasteiger partial charge < -0.3 is 20.1 Å². The van der Waals surface area contributed by atoms with Gasteiger partial charge in [0.2, 0.25) is 0 Å². The molecule has 9 heteroatoms. The fraction of sp³-hybridized carbons (Fsp3) is 0.500. The third-order valence-corrected chi connectivity index (χ3v) is 3.13. The van der Waals surface area contributed by atoms with E-state index < -0.39 is 17.8 Å². The zero-order chi connectivity index (χ0) is 18.4. The van der Waals surface area contributed by atoms with Crippen LogP contribution in [-0.2, 0) is 9.47 Å². The highest BCUT2D eigenvalue weighted by Gasteiger charge is 2.16. The van der Waals surface area contributed by atoms with Gasteiger partial charge in [-0.15, -0.1) is 0 Å². The maximum Gasteiger partial charge on any atom is 0.419 e. The number of alkyl carbamates (subject to hydrolysis) is 1. The summed E-state index contributed by atoms with van der Waals surface area (Å²) in [6.07, 6.45) is 2.41. The van der Waals surface area contributed by atoms with Gasteiger partial charge in [-0.3, -0.25) is 0 Å². The summed E-state index contributed by atoms with van der Waals surface area (Å²) in [6, 6.07) is 1.74. The summed E-state index contributed by atoms with van der Waals surface area (Å²) < 4.78 is 11.6. The molecule has 2 rings (SSSR count). The number of carbonyl (C=O) groups excluding carboxylic acids is 2. The number of hydrogen-bond donors (Lipinski definition) is 2. The Labute approximate surface area is 145 Å². The van der Waals surface area contributed by atoms with Crippen LogP contribution in [-0.4, -0.2) is 52.5 Å². The lowest BCUT2D eigenvalue weighted by atomic mass is 10.2. The van der Waals surface area contributed by atoms with Gasteiger partial charge in [-0.1, -0.05) is 0 Å². The molecule has 0 saturated heterocycles. The maximum atomic E-state index is 12.2. The molecule has 0 aliphatic heterocycles. The summed E-state index contributed by atoms with van der Waals surface area (Å²) in [6.45, 7) is 5.88. The number of rotatable bonds is 5. The van der Waals surface area contributed by atoms with Gasteiger partial charge >= 0.3 is 12.2 Å². The van der Waals surface area contributed by atoms with Crippen molar-refractivity contribution in [3.63, 3.8) is 0 Å². The van der Waals surface area contributed by atoms with E-state index in [4.69, 9.17) is 9.47 Å². The molecule has 9 nitrogen and oxygen atoms in total. The first-order chi connectivity index (χ1) is 11.8. The molecule has 2 aromatic heterocycles. The maximum absolute atomic E-state index is 12.2. The van der Waals surface area contributed by atoms with Gasteiger partial charge in [0.1, 0.15) is 17.7 Å². The first kappa shape index (κ1) is 18.5. The van der Waals surface area contributed by atoms with E-state index in [9.17, 15) is 9.59 Å². The van der Waals surface area contributed by atoms with Crippen LogP contribution in [0.15, 0.2) is 18.6 Å². The van der Waals surface area contributed by atoms with Crippen molar-refractivity contribution in [2.75, 3.05) is 25.5 Å². The summed E-state index contributed by atoms with van der Waals surface area (Å²) in [5, 5.41) is 6.27. The summed E-state index contributed by atoms with van der Waals surface area (Å²) in [5.74, 6) is 0.637. The molecule has 136 valence electrons. The number of ether oxygens (including phenoxy) is 2. The fourth-order valence-electron chi connectivity index (χ4n) is 2.10. The van der Waals surface area contributed by atoms with Crippen molar-refractivity contribution >= 4 is 29.0 Å². The first-order valence-electron chi connectivity index (χ1n) is 7.95. The summed E-state index contributed by atoms with van der Waals surface area (Å²) in [4.78, 5) is 31.8. The SMILES string of the molecule is CNc1ncnc2c1ccn2C(=O)OCCCNC(=O)OC(C)(C)C. The number of nitrogens with one attached hydrogen (secondary N) is 2. The quantitative estimate of drug-likeness (QED) is 0.798. The fourth-order valence-corrected chi connectivity index (χ4v) is 2.10. The second kappa shape index (κ2) is 7.82. The van der Waals surface area contributed by atoms with E-state index in [2.05, 4.69) is 20.6 Å². The van der Waals surface area contributed by atoms with Gasteiger partial charge in [0.05, 0.1) is 12.0 Å². The molecule has 0 radical (unpaired) electrons. The van der Waals surface area contributed by atoms with E-state index >= 15 is 0 Å². The average Bonchev–Trinajstić information content (AvgIpc) is 2.96. The molecule has 25 heavy (non-hydrogen) atoms. The summed E-state index contributed by atoms with van der Waals surface area (Å²) in [7, 11) is 1.75. The van der Waals surface area contributed by atoms with Crippen LogP contribution in [0.25, 0.3) is 11.0 Å². The van der Waals surface area contributed by atoms with Gasteiger partial charge in [-0.05, 0) is 33.3 Å². The predicted octanol–water partition coefficient (Wildman–Crippen LogP) is 2.37. The highest BCUT2D eigenvalue weighted by molar-refractivity contribution is 5.92. The molecular formula is C16H23N5O4. The normalized spacial score (nSPS) is 11.2. The molecule has 0 spiro atoms. The van der Waals surface area contributed by atoms with E-state index in [1.807, 2.05) is 0 Å². The number of carbonyl (C=O) groups is 2. The predicted molar refractivity (Wildman–Crippen MR) is 92.7 cm³/mol. The minimum absolute atomic E-state index is 0.165.